The third kappa shape index (κ3) is 2.80. The predicted octanol–water partition coefficient (Wildman–Crippen LogP) is -2.32. The average Bonchev–Trinajstić information content (AvgIpc) is 2.02. The zero-order valence-electron chi connectivity index (χ0n) is 8.22. The molecule has 0 saturated carbocycles. The van der Waals surface area contributed by atoms with E-state index in [-0.39, 0.29) is 20.3 Å². The van der Waals surface area contributed by atoms with Gasteiger partial charge in [0.2, 0.25) is 0 Å². The number of halogens is 6. The molecule has 0 spiro atoms. The summed E-state index contributed by atoms with van der Waals surface area (Å²) in [5.74, 6) is -6.56. The van der Waals surface area contributed by atoms with Crippen molar-refractivity contribution >= 4 is 22.2 Å². The summed E-state index contributed by atoms with van der Waals surface area (Å²) in [4.78, 5) is 0. The zero-order valence-corrected chi connectivity index (χ0v) is 8.85. The van der Waals surface area contributed by atoms with Crippen LogP contribution in [0.25, 0.3) is 0 Å². The smallest absolute Gasteiger partial charge is 1.00 e. The van der Waals surface area contributed by atoms with E-state index in [1.54, 1.807) is 0 Å². The fourth-order valence-electron chi connectivity index (χ4n) is 0.379. The van der Waals surface area contributed by atoms with E-state index < -0.39 is 38.6 Å². The van der Waals surface area contributed by atoms with Gasteiger partial charge in [-0.1, -0.05) is 0 Å². The van der Waals surface area contributed by atoms with Gasteiger partial charge < -0.3 is 10.5 Å². The van der Waals surface area contributed by atoms with E-state index >= 15 is 0 Å². The van der Waals surface area contributed by atoms with Gasteiger partial charge in [-0.05, 0) is 0 Å². The van der Waals surface area contributed by atoms with Gasteiger partial charge in [-0.2, -0.15) is 26.3 Å². The molecular formula is C3HF6LiO4S2-2. The van der Waals surface area contributed by atoms with Crippen LogP contribution in [0.4, 0.5) is 26.3 Å². The van der Waals surface area contributed by atoms with Crippen molar-refractivity contribution in [2.45, 2.75) is 16.4 Å². The third-order valence-electron chi connectivity index (χ3n) is 1.15. The summed E-state index contributed by atoms with van der Waals surface area (Å²) in [7, 11) is 0. The van der Waals surface area contributed by atoms with E-state index in [0.29, 0.717) is 0 Å². The van der Waals surface area contributed by atoms with Crippen molar-refractivity contribution < 1.29 is 64.2 Å². The standard InChI is InChI=1S/C3H2F6O4S2.Li.H/c4-1(5,2(6,7)14(10)11)3(8,9)15(12)13;;/h(H,10,11)(H,12,13);;/q;+1;-1/p-2. The Labute approximate surface area is 103 Å². The molecule has 0 saturated heterocycles. The summed E-state index contributed by atoms with van der Waals surface area (Å²) in [6.45, 7) is 0. The number of rotatable bonds is 4. The minimum atomic E-state index is -6.56. The molecule has 0 aliphatic heterocycles. The second kappa shape index (κ2) is 5.36. The van der Waals surface area contributed by atoms with Crippen LogP contribution in [0.1, 0.15) is 1.43 Å². The quantitative estimate of drug-likeness (QED) is 0.330. The van der Waals surface area contributed by atoms with E-state index in [1.807, 2.05) is 0 Å². The van der Waals surface area contributed by atoms with Gasteiger partial charge in [0.1, 0.15) is 0 Å². The van der Waals surface area contributed by atoms with Crippen LogP contribution in [0.5, 0.6) is 0 Å². The first kappa shape index (κ1) is 18.8. The molecule has 0 fully saturated rings. The Balaban J connectivity index is -0.000000980. The molecule has 2 atom stereocenters. The van der Waals surface area contributed by atoms with E-state index in [2.05, 4.69) is 0 Å². The van der Waals surface area contributed by atoms with Crippen molar-refractivity contribution in [3.8, 4) is 0 Å². The molecule has 0 rings (SSSR count). The Kier molecular flexibility index (Phi) is 6.29. The van der Waals surface area contributed by atoms with Gasteiger partial charge in [0.05, 0.1) is 0 Å². The predicted molar refractivity (Wildman–Crippen MR) is 33.8 cm³/mol. The molecule has 0 N–H and O–H groups in total. The molecule has 0 aliphatic carbocycles. The van der Waals surface area contributed by atoms with Crippen molar-refractivity contribution in [2.75, 3.05) is 0 Å². The largest absolute Gasteiger partial charge is 1.00 e. The van der Waals surface area contributed by atoms with Gasteiger partial charge in [0.15, 0.2) is 0 Å². The van der Waals surface area contributed by atoms with Crippen LogP contribution in [0.3, 0.4) is 0 Å². The molecular weight excluding hydrogens is 285 g/mol. The summed E-state index contributed by atoms with van der Waals surface area (Å²) < 4.78 is 111. The first-order valence-electron chi connectivity index (χ1n) is 2.71. The van der Waals surface area contributed by atoms with Crippen molar-refractivity contribution in [3.05, 3.63) is 0 Å². The molecule has 0 aromatic rings. The zero-order chi connectivity index (χ0) is 12.7. The minimum Gasteiger partial charge on any atom is -1.00 e. The summed E-state index contributed by atoms with van der Waals surface area (Å²) in [6, 6.07) is 0. The Morgan fingerprint density at radius 3 is 1.12 bits per heavy atom. The molecule has 0 amide bonds. The van der Waals surface area contributed by atoms with Crippen molar-refractivity contribution in [1.29, 1.82) is 0 Å². The van der Waals surface area contributed by atoms with Crippen LogP contribution < -0.4 is 18.9 Å². The molecule has 0 aromatic heterocycles. The topological polar surface area (TPSA) is 80.3 Å². The Bertz CT molecular complexity index is 286. The SMILES string of the molecule is O=S([O-])C(F)(F)C(F)(F)C(F)(F)S(=O)[O-].[H-].[Li+]. The third-order valence-corrected chi connectivity index (χ3v) is 2.50. The number of hydrogen-bond donors (Lipinski definition) is 0. The van der Waals surface area contributed by atoms with Crippen LogP contribution in [0.15, 0.2) is 0 Å². The van der Waals surface area contributed by atoms with Gasteiger partial charge in [-0.25, -0.2) is 0 Å². The summed E-state index contributed by atoms with van der Waals surface area (Å²) in [5, 5.41) is -12.4. The molecule has 0 heterocycles. The van der Waals surface area contributed by atoms with E-state index in [4.69, 9.17) is 0 Å². The number of alkyl halides is 6. The fourth-order valence-corrected chi connectivity index (χ4v) is 1.12. The van der Waals surface area contributed by atoms with E-state index in [9.17, 15) is 43.9 Å². The first-order valence-corrected chi connectivity index (χ1v) is 4.86. The Morgan fingerprint density at radius 1 is 0.812 bits per heavy atom. The van der Waals surface area contributed by atoms with Crippen LogP contribution in [-0.4, -0.2) is 34.0 Å². The number of hydrogen-bond acceptors (Lipinski definition) is 4. The maximum absolute atomic E-state index is 12.2. The average molecular weight is 286 g/mol. The molecule has 2 unspecified atom stereocenters. The molecule has 0 aliphatic rings. The maximum atomic E-state index is 12.2. The summed E-state index contributed by atoms with van der Waals surface area (Å²) >= 11 is -9.79. The summed E-state index contributed by atoms with van der Waals surface area (Å²) in [5.41, 5.74) is 0. The van der Waals surface area contributed by atoms with Crippen LogP contribution in [-0.2, 0) is 22.2 Å². The normalized spacial score (nSPS) is 17.5. The van der Waals surface area contributed by atoms with Crippen LogP contribution >= 0.6 is 0 Å². The Morgan fingerprint density at radius 2 is 1.00 bits per heavy atom. The fraction of sp³-hybridized carbons (Fsp3) is 1.00. The molecule has 0 bridgehead atoms. The van der Waals surface area contributed by atoms with Gasteiger partial charge in [0, 0.05) is 22.2 Å². The van der Waals surface area contributed by atoms with Crippen molar-refractivity contribution in [1.82, 2.24) is 0 Å². The maximum Gasteiger partial charge on any atom is 1.00 e. The molecule has 13 heteroatoms. The van der Waals surface area contributed by atoms with Gasteiger partial charge >= 0.3 is 35.3 Å². The van der Waals surface area contributed by atoms with Gasteiger partial charge in [0.25, 0.3) is 0 Å². The molecule has 4 nitrogen and oxygen atoms in total. The molecule has 0 aromatic carbocycles. The summed E-state index contributed by atoms with van der Waals surface area (Å²) in [6.07, 6.45) is 0. The second-order valence-electron chi connectivity index (χ2n) is 2.08. The molecule has 94 valence electrons. The van der Waals surface area contributed by atoms with Gasteiger partial charge in [-0.15, -0.1) is 0 Å². The van der Waals surface area contributed by atoms with Crippen molar-refractivity contribution in [2.24, 2.45) is 0 Å². The van der Waals surface area contributed by atoms with E-state index in [1.165, 1.54) is 0 Å². The van der Waals surface area contributed by atoms with Crippen LogP contribution in [0, 0.1) is 0 Å². The second-order valence-corrected chi connectivity index (χ2v) is 4.04. The Hall–Kier alpha value is 0.397. The van der Waals surface area contributed by atoms with E-state index in [0.717, 1.165) is 0 Å². The first-order chi connectivity index (χ1) is 6.39. The van der Waals surface area contributed by atoms with Crippen molar-refractivity contribution in [3.63, 3.8) is 0 Å². The monoisotopic (exact) mass is 286 g/mol. The minimum absolute atomic E-state index is 0. The molecule has 16 heavy (non-hydrogen) atoms. The molecule has 0 radical (unpaired) electrons. The van der Waals surface area contributed by atoms with Crippen LogP contribution in [0.2, 0.25) is 0 Å². The van der Waals surface area contributed by atoms with Gasteiger partial charge in [-0.3, -0.25) is 8.42 Å².